The van der Waals surface area contributed by atoms with Crippen LogP contribution in [-0.4, -0.2) is 22.1 Å². The Bertz CT molecular complexity index is 884. The van der Waals surface area contributed by atoms with Crippen LogP contribution in [0, 0.1) is 0 Å². The fourth-order valence-electron chi connectivity index (χ4n) is 2.59. The molecule has 0 unspecified atom stereocenters. The molecule has 0 saturated heterocycles. The highest BCUT2D eigenvalue weighted by atomic mass is 32.2. The number of nitrogens with one attached hydrogen (secondary N) is 2. The molecule has 0 aliphatic carbocycles. The van der Waals surface area contributed by atoms with E-state index in [0.717, 1.165) is 11.1 Å². The standard InChI is InChI=1S/C21H22N4OS/c1-15(17-6-4-3-5-7-17)24-21-22-13-12-19(25-21)20(26)23-14-16-8-10-18(27-2)11-9-16/h3-13,15H,14H2,1-2H3,(H,23,26)(H,22,24,25)/t15-/m0/s1. The monoisotopic (exact) mass is 378 g/mol. The van der Waals surface area contributed by atoms with Crippen molar-refractivity contribution >= 4 is 23.6 Å². The van der Waals surface area contributed by atoms with E-state index in [1.165, 1.54) is 4.90 Å². The highest BCUT2D eigenvalue weighted by molar-refractivity contribution is 7.98. The number of thioether (sulfide) groups is 1. The normalized spacial score (nSPS) is 11.6. The summed E-state index contributed by atoms with van der Waals surface area (Å²) in [6.45, 7) is 2.49. The molecule has 3 rings (SSSR count). The van der Waals surface area contributed by atoms with E-state index in [2.05, 4.69) is 20.6 Å². The van der Waals surface area contributed by atoms with E-state index in [9.17, 15) is 4.79 Å². The number of nitrogens with zero attached hydrogens (tertiary/aromatic N) is 2. The van der Waals surface area contributed by atoms with E-state index in [1.807, 2.05) is 67.8 Å². The van der Waals surface area contributed by atoms with Gasteiger partial charge in [-0.15, -0.1) is 11.8 Å². The molecule has 0 fully saturated rings. The molecule has 2 aromatic carbocycles. The van der Waals surface area contributed by atoms with Gasteiger partial charge in [0.05, 0.1) is 6.04 Å². The van der Waals surface area contributed by atoms with Crippen molar-refractivity contribution in [2.45, 2.75) is 24.4 Å². The van der Waals surface area contributed by atoms with E-state index in [4.69, 9.17) is 0 Å². The Morgan fingerprint density at radius 1 is 1.07 bits per heavy atom. The summed E-state index contributed by atoms with van der Waals surface area (Å²) >= 11 is 1.69. The minimum atomic E-state index is -0.221. The van der Waals surface area contributed by atoms with Gasteiger partial charge >= 0.3 is 0 Å². The first-order chi connectivity index (χ1) is 13.2. The number of benzene rings is 2. The number of anilines is 1. The number of carbonyl (C=O) groups excluding carboxylic acids is 1. The molecular formula is C21H22N4OS. The summed E-state index contributed by atoms with van der Waals surface area (Å²) < 4.78 is 0. The van der Waals surface area contributed by atoms with Crippen LogP contribution in [0.5, 0.6) is 0 Å². The first-order valence-electron chi connectivity index (χ1n) is 8.71. The van der Waals surface area contributed by atoms with Crippen molar-refractivity contribution in [1.82, 2.24) is 15.3 Å². The summed E-state index contributed by atoms with van der Waals surface area (Å²) in [7, 11) is 0. The molecule has 2 N–H and O–H groups in total. The number of aromatic nitrogens is 2. The number of hydrogen-bond acceptors (Lipinski definition) is 5. The average molecular weight is 379 g/mol. The van der Waals surface area contributed by atoms with Crippen molar-refractivity contribution in [2.24, 2.45) is 0 Å². The molecule has 27 heavy (non-hydrogen) atoms. The van der Waals surface area contributed by atoms with Crippen molar-refractivity contribution in [3.8, 4) is 0 Å². The van der Waals surface area contributed by atoms with Gasteiger partial charge < -0.3 is 10.6 Å². The lowest BCUT2D eigenvalue weighted by atomic mass is 10.1. The maximum absolute atomic E-state index is 12.4. The SMILES string of the molecule is CSc1ccc(CNC(=O)c2ccnc(N[C@@H](C)c3ccccc3)n2)cc1. The van der Waals surface area contributed by atoms with Crippen LogP contribution in [0.3, 0.4) is 0 Å². The summed E-state index contributed by atoms with van der Waals surface area (Å²) in [4.78, 5) is 22.2. The van der Waals surface area contributed by atoms with E-state index >= 15 is 0 Å². The van der Waals surface area contributed by atoms with Crippen LogP contribution in [0.1, 0.15) is 34.6 Å². The summed E-state index contributed by atoms with van der Waals surface area (Å²) in [5.41, 5.74) is 2.52. The second kappa shape index (κ2) is 9.19. The molecule has 0 saturated carbocycles. The lowest BCUT2D eigenvalue weighted by Gasteiger charge is -2.14. The van der Waals surface area contributed by atoms with Crippen LogP contribution in [0.4, 0.5) is 5.95 Å². The van der Waals surface area contributed by atoms with Gasteiger partial charge in [0.1, 0.15) is 5.69 Å². The average Bonchev–Trinajstić information content (AvgIpc) is 2.73. The molecule has 1 amide bonds. The fraction of sp³-hybridized carbons (Fsp3) is 0.190. The van der Waals surface area contributed by atoms with Crippen LogP contribution < -0.4 is 10.6 Å². The molecule has 1 atom stereocenters. The molecule has 0 bridgehead atoms. The zero-order valence-corrected chi connectivity index (χ0v) is 16.2. The van der Waals surface area contributed by atoms with Gasteiger partial charge in [-0.05, 0) is 42.5 Å². The van der Waals surface area contributed by atoms with Gasteiger partial charge in [0.15, 0.2) is 0 Å². The topological polar surface area (TPSA) is 66.9 Å². The van der Waals surface area contributed by atoms with Gasteiger partial charge in [-0.1, -0.05) is 42.5 Å². The Labute approximate surface area is 163 Å². The van der Waals surface area contributed by atoms with E-state index in [0.29, 0.717) is 18.2 Å². The summed E-state index contributed by atoms with van der Waals surface area (Å²) in [6.07, 6.45) is 3.63. The first kappa shape index (κ1) is 18.9. The highest BCUT2D eigenvalue weighted by Gasteiger charge is 2.11. The quantitative estimate of drug-likeness (QED) is 0.600. The predicted molar refractivity (Wildman–Crippen MR) is 110 cm³/mol. The summed E-state index contributed by atoms with van der Waals surface area (Å²) in [5.74, 6) is 0.213. The number of hydrogen-bond donors (Lipinski definition) is 2. The van der Waals surface area contributed by atoms with Crippen LogP contribution in [-0.2, 0) is 6.54 Å². The maximum Gasteiger partial charge on any atom is 0.270 e. The molecule has 3 aromatic rings. The highest BCUT2D eigenvalue weighted by Crippen LogP contribution is 2.17. The van der Waals surface area contributed by atoms with Gasteiger partial charge in [0.2, 0.25) is 5.95 Å². The molecule has 0 aliphatic heterocycles. The third-order valence-corrected chi connectivity index (χ3v) is 4.89. The molecule has 1 aromatic heterocycles. The maximum atomic E-state index is 12.4. The Kier molecular flexibility index (Phi) is 6.44. The van der Waals surface area contributed by atoms with E-state index in [1.54, 1.807) is 24.0 Å². The van der Waals surface area contributed by atoms with Gasteiger partial charge in [0, 0.05) is 17.6 Å². The molecule has 138 valence electrons. The second-order valence-corrected chi connectivity index (χ2v) is 6.95. The molecule has 0 aliphatic rings. The molecular weight excluding hydrogens is 356 g/mol. The van der Waals surface area contributed by atoms with Gasteiger partial charge in [-0.2, -0.15) is 0 Å². The lowest BCUT2D eigenvalue weighted by Crippen LogP contribution is -2.24. The van der Waals surface area contributed by atoms with E-state index < -0.39 is 0 Å². The van der Waals surface area contributed by atoms with Crippen molar-refractivity contribution in [3.63, 3.8) is 0 Å². The second-order valence-electron chi connectivity index (χ2n) is 6.07. The Balaban J connectivity index is 1.61. The molecule has 6 heteroatoms. The molecule has 5 nitrogen and oxygen atoms in total. The smallest absolute Gasteiger partial charge is 0.270 e. The fourth-order valence-corrected chi connectivity index (χ4v) is 3.00. The number of rotatable bonds is 7. The summed E-state index contributed by atoms with van der Waals surface area (Å²) in [6, 6.07) is 19.8. The van der Waals surface area contributed by atoms with Crippen LogP contribution in [0.2, 0.25) is 0 Å². The Morgan fingerprint density at radius 3 is 2.52 bits per heavy atom. The number of amides is 1. The zero-order valence-electron chi connectivity index (χ0n) is 15.3. The zero-order chi connectivity index (χ0) is 19.1. The molecule has 0 radical (unpaired) electrons. The lowest BCUT2D eigenvalue weighted by molar-refractivity contribution is 0.0946. The predicted octanol–water partition coefficient (Wildman–Crippen LogP) is 4.30. The Morgan fingerprint density at radius 2 is 1.81 bits per heavy atom. The molecule has 1 heterocycles. The minimum Gasteiger partial charge on any atom is -0.348 e. The first-order valence-corrected chi connectivity index (χ1v) is 9.94. The van der Waals surface area contributed by atoms with Gasteiger partial charge in [-0.3, -0.25) is 4.79 Å². The van der Waals surface area contributed by atoms with Crippen LogP contribution in [0.25, 0.3) is 0 Å². The largest absolute Gasteiger partial charge is 0.348 e. The van der Waals surface area contributed by atoms with Crippen molar-refractivity contribution in [3.05, 3.63) is 83.7 Å². The van der Waals surface area contributed by atoms with Crippen molar-refractivity contribution in [2.75, 3.05) is 11.6 Å². The van der Waals surface area contributed by atoms with Gasteiger partial charge in [-0.25, -0.2) is 9.97 Å². The third kappa shape index (κ3) is 5.31. The van der Waals surface area contributed by atoms with Crippen LogP contribution >= 0.6 is 11.8 Å². The minimum absolute atomic E-state index is 0.0412. The molecule has 0 spiro atoms. The summed E-state index contributed by atoms with van der Waals surface area (Å²) in [5, 5.41) is 6.14. The Hall–Kier alpha value is -2.86. The van der Waals surface area contributed by atoms with Crippen molar-refractivity contribution in [1.29, 1.82) is 0 Å². The van der Waals surface area contributed by atoms with Crippen LogP contribution in [0.15, 0.2) is 71.8 Å². The van der Waals surface area contributed by atoms with Gasteiger partial charge in [0.25, 0.3) is 5.91 Å². The van der Waals surface area contributed by atoms with Crippen molar-refractivity contribution < 1.29 is 4.79 Å². The number of carbonyl (C=O) groups is 1. The third-order valence-electron chi connectivity index (χ3n) is 4.15. The van der Waals surface area contributed by atoms with E-state index in [-0.39, 0.29) is 11.9 Å².